The first kappa shape index (κ1) is 19.9. The molecule has 0 rings (SSSR count). The predicted molar refractivity (Wildman–Crippen MR) is 92.5 cm³/mol. The van der Waals surface area contributed by atoms with Crippen molar-refractivity contribution in [1.82, 2.24) is 5.32 Å². The minimum absolute atomic E-state index is 0.216. The van der Waals surface area contributed by atoms with Crippen LogP contribution in [0.3, 0.4) is 0 Å². The standard InChI is InChI=1S/C17H34BrNO/c1-4-5-6-7-8-9-10-11-12-13-17(20)19-16(3)14-15(2)18/h15-16H,4-14H2,1-3H3,(H,19,20). The minimum Gasteiger partial charge on any atom is -0.354 e. The van der Waals surface area contributed by atoms with Crippen molar-refractivity contribution in [1.29, 1.82) is 0 Å². The summed E-state index contributed by atoms with van der Waals surface area (Å²) in [6, 6.07) is 0.274. The molecule has 0 fully saturated rings. The number of alkyl halides is 1. The maximum absolute atomic E-state index is 11.7. The van der Waals surface area contributed by atoms with Crippen LogP contribution in [-0.2, 0) is 4.79 Å². The molecule has 0 bridgehead atoms. The van der Waals surface area contributed by atoms with E-state index in [0.29, 0.717) is 11.2 Å². The maximum atomic E-state index is 11.7. The van der Waals surface area contributed by atoms with Crippen LogP contribution >= 0.6 is 15.9 Å². The van der Waals surface area contributed by atoms with E-state index in [1.54, 1.807) is 0 Å². The third-order valence-electron chi connectivity index (χ3n) is 3.59. The molecule has 120 valence electrons. The van der Waals surface area contributed by atoms with Crippen LogP contribution in [0.25, 0.3) is 0 Å². The predicted octanol–water partition coefficient (Wildman–Crippen LogP) is 5.59. The Morgan fingerprint density at radius 2 is 1.45 bits per heavy atom. The van der Waals surface area contributed by atoms with Gasteiger partial charge in [0, 0.05) is 17.3 Å². The maximum Gasteiger partial charge on any atom is 0.220 e. The fraction of sp³-hybridized carbons (Fsp3) is 0.941. The number of hydrogen-bond donors (Lipinski definition) is 1. The molecule has 0 aliphatic rings. The normalized spacial score (nSPS) is 14.0. The number of carbonyl (C=O) groups excluding carboxylic acids is 1. The lowest BCUT2D eigenvalue weighted by Crippen LogP contribution is -2.33. The fourth-order valence-electron chi connectivity index (χ4n) is 2.49. The van der Waals surface area contributed by atoms with Crippen molar-refractivity contribution in [3.63, 3.8) is 0 Å². The molecular weight excluding hydrogens is 314 g/mol. The van der Waals surface area contributed by atoms with Crippen LogP contribution in [0.4, 0.5) is 0 Å². The number of amides is 1. The zero-order chi connectivity index (χ0) is 15.2. The van der Waals surface area contributed by atoms with E-state index in [4.69, 9.17) is 0 Å². The highest BCUT2D eigenvalue weighted by Crippen LogP contribution is 2.11. The molecule has 0 heterocycles. The highest BCUT2D eigenvalue weighted by atomic mass is 79.9. The molecule has 0 aromatic heterocycles. The van der Waals surface area contributed by atoms with Crippen molar-refractivity contribution in [2.24, 2.45) is 0 Å². The number of hydrogen-bond acceptors (Lipinski definition) is 1. The van der Waals surface area contributed by atoms with Crippen LogP contribution in [0.15, 0.2) is 0 Å². The van der Waals surface area contributed by atoms with E-state index in [2.05, 4.69) is 42.0 Å². The van der Waals surface area contributed by atoms with Gasteiger partial charge in [-0.3, -0.25) is 4.79 Å². The molecule has 20 heavy (non-hydrogen) atoms. The Bertz CT molecular complexity index is 231. The average Bonchev–Trinajstić information content (AvgIpc) is 2.35. The molecular formula is C17H34BrNO. The molecule has 2 unspecified atom stereocenters. The number of nitrogens with one attached hydrogen (secondary N) is 1. The number of halogens is 1. The summed E-state index contributed by atoms with van der Waals surface area (Å²) in [5.74, 6) is 0.216. The van der Waals surface area contributed by atoms with Gasteiger partial charge < -0.3 is 5.32 Å². The van der Waals surface area contributed by atoms with Crippen LogP contribution < -0.4 is 5.32 Å². The summed E-state index contributed by atoms with van der Waals surface area (Å²) < 4.78 is 0. The SMILES string of the molecule is CCCCCCCCCCCC(=O)NC(C)CC(C)Br. The molecule has 1 N–H and O–H groups in total. The van der Waals surface area contributed by atoms with Crippen molar-refractivity contribution >= 4 is 21.8 Å². The Balaban J connectivity index is 3.31. The molecule has 0 spiro atoms. The van der Waals surface area contributed by atoms with Crippen LogP contribution in [0.2, 0.25) is 0 Å². The molecule has 1 amide bonds. The van der Waals surface area contributed by atoms with Crippen LogP contribution in [0.5, 0.6) is 0 Å². The van der Waals surface area contributed by atoms with Crippen molar-refractivity contribution < 1.29 is 4.79 Å². The lowest BCUT2D eigenvalue weighted by Gasteiger charge is -2.15. The van der Waals surface area contributed by atoms with Crippen LogP contribution in [0.1, 0.15) is 91.4 Å². The summed E-state index contributed by atoms with van der Waals surface area (Å²) in [7, 11) is 0. The molecule has 2 nitrogen and oxygen atoms in total. The van der Waals surface area contributed by atoms with E-state index in [9.17, 15) is 4.79 Å². The molecule has 2 atom stereocenters. The summed E-state index contributed by atoms with van der Waals surface area (Å²) in [4.78, 5) is 12.2. The van der Waals surface area contributed by atoms with Gasteiger partial charge in [-0.2, -0.15) is 0 Å². The van der Waals surface area contributed by atoms with Gasteiger partial charge in [-0.25, -0.2) is 0 Å². The monoisotopic (exact) mass is 347 g/mol. The van der Waals surface area contributed by atoms with Gasteiger partial charge in [-0.15, -0.1) is 0 Å². The largest absolute Gasteiger partial charge is 0.354 e. The van der Waals surface area contributed by atoms with Gasteiger partial charge in [-0.1, -0.05) is 81.1 Å². The van der Waals surface area contributed by atoms with Gasteiger partial charge in [0.05, 0.1) is 0 Å². The first-order chi connectivity index (χ1) is 9.56. The van der Waals surface area contributed by atoms with E-state index in [1.807, 2.05) is 0 Å². The first-order valence-electron chi connectivity index (χ1n) is 8.49. The molecule has 3 heteroatoms. The lowest BCUT2D eigenvalue weighted by molar-refractivity contribution is -0.121. The quantitative estimate of drug-likeness (QED) is 0.341. The lowest BCUT2D eigenvalue weighted by atomic mass is 10.1. The van der Waals surface area contributed by atoms with E-state index >= 15 is 0 Å². The third kappa shape index (κ3) is 14.4. The van der Waals surface area contributed by atoms with Gasteiger partial charge in [0.15, 0.2) is 0 Å². The van der Waals surface area contributed by atoms with Gasteiger partial charge in [0.1, 0.15) is 0 Å². The summed E-state index contributed by atoms with van der Waals surface area (Å²) in [6.07, 6.45) is 13.4. The summed E-state index contributed by atoms with van der Waals surface area (Å²) in [5.41, 5.74) is 0. The number of carbonyl (C=O) groups is 1. The van der Waals surface area contributed by atoms with E-state index in [0.717, 1.165) is 12.8 Å². The van der Waals surface area contributed by atoms with E-state index in [1.165, 1.54) is 51.4 Å². The topological polar surface area (TPSA) is 29.1 Å². The molecule has 0 aliphatic carbocycles. The van der Waals surface area contributed by atoms with Gasteiger partial charge >= 0.3 is 0 Å². The Labute approximate surface area is 134 Å². The summed E-state index contributed by atoms with van der Waals surface area (Å²) in [5, 5.41) is 3.07. The molecule has 0 aromatic carbocycles. The Kier molecular flexibility index (Phi) is 13.9. The molecule has 0 saturated heterocycles. The highest BCUT2D eigenvalue weighted by Gasteiger charge is 2.09. The number of unbranched alkanes of at least 4 members (excludes halogenated alkanes) is 8. The third-order valence-corrected chi connectivity index (χ3v) is 3.97. The van der Waals surface area contributed by atoms with Gasteiger partial charge in [0.2, 0.25) is 5.91 Å². The number of rotatable bonds is 13. The van der Waals surface area contributed by atoms with Gasteiger partial charge in [0.25, 0.3) is 0 Å². The second-order valence-electron chi connectivity index (χ2n) is 6.06. The Hall–Kier alpha value is -0.0500. The second kappa shape index (κ2) is 13.9. The van der Waals surface area contributed by atoms with Crippen molar-refractivity contribution in [3.8, 4) is 0 Å². The molecule has 0 radical (unpaired) electrons. The zero-order valence-corrected chi connectivity index (χ0v) is 15.3. The minimum atomic E-state index is 0.216. The van der Waals surface area contributed by atoms with Crippen LogP contribution in [-0.4, -0.2) is 16.8 Å². The van der Waals surface area contributed by atoms with Crippen molar-refractivity contribution in [2.45, 2.75) is 102 Å². The highest BCUT2D eigenvalue weighted by molar-refractivity contribution is 9.09. The average molecular weight is 348 g/mol. The van der Waals surface area contributed by atoms with Crippen molar-refractivity contribution in [3.05, 3.63) is 0 Å². The summed E-state index contributed by atoms with van der Waals surface area (Å²) >= 11 is 3.52. The smallest absolute Gasteiger partial charge is 0.220 e. The van der Waals surface area contributed by atoms with E-state index < -0.39 is 0 Å². The van der Waals surface area contributed by atoms with E-state index in [-0.39, 0.29) is 11.9 Å². The fourth-order valence-corrected chi connectivity index (χ4v) is 3.05. The Morgan fingerprint density at radius 3 is 1.95 bits per heavy atom. The molecule has 0 aromatic rings. The molecule has 0 saturated carbocycles. The second-order valence-corrected chi connectivity index (χ2v) is 7.63. The van der Waals surface area contributed by atoms with Crippen LogP contribution in [0, 0.1) is 0 Å². The molecule has 0 aliphatic heterocycles. The summed E-state index contributed by atoms with van der Waals surface area (Å²) in [6.45, 7) is 6.44. The first-order valence-corrected chi connectivity index (χ1v) is 9.41. The zero-order valence-electron chi connectivity index (χ0n) is 13.7. The van der Waals surface area contributed by atoms with Crippen molar-refractivity contribution in [2.75, 3.05) is 0 Å². The van der Waals surface area contributed by atoms with Gasteiger partial charge in [-0.05, 0) is 19.8 Å². The Morgan fingerprint density at radius 1 is 0.950 bits per heavy atom.